The van der Waals surface area contributed by atoms with Gasteiger partial charge in [0.2, 0.25) is 0 Å². The third kappa shape index (κ3) is 3.19. The molecule has 0 saturated carbocycles. The zero-order valence-electron chi connectivity index (χ0n) is 12.6. The number of benzene rings is 1. The topological polar surface area (TPSA) is 38.8 Å². The van der Waals surface area contributed by atoms with Crippen molar-refractivity contribution in [2.45, 2.75) is 39.8 Å². The van der Waals surface area contributed by atoms with E-state index in [4.69, 9.17) is 9.47 Å². The van der Waals surface area contributed by atoms with Crippen molar-refractivity contribution in [2.75, 3.05) is 14.2 Å². The summed E-state index contributed by atoms with van der Waals surface area (Å²) in [5.41, 5.74) is 0.481. The third-order valence-corrected chi connectivity index (χ3v) is 2.99. The summed E-state index contributed by atoms with van der Waals surface area (Å²) in [7, 11) is 3.11. The van der Waals surface area contributed by atoms with Crippen LogP contribution in [0.25, 0.3) is 0 Å². The molecule has 0 bridgehead atoms. The Bertz CT molecular complexity index is 411. The number of carbonyl (C=O) groups excluding carboxylic acids is 1. The van der Waals surface area contributed by atoms with E-state index in [-0.39, 0.29) is 18.0 Å². The highest BCUT2D eigenvalue weighted by molar-refractivity contribution is 6.00. The molecule has 0 heterocycles. The molecule has 0 aliphatic rings. The Kier molecular flexibility index (Phi) is 5.21. The van der Waals surface area contributed by atoms with Crippen molar-refractivity contribution < 1.29 is 14.3 Å². The van der Waals surface area contributed by atoms with Gasteiger partial charge < -0.3 is 14.4 Å². The van der Waals surface area contributed by atoms with Gasteiger partial charge in [0.1, 0.15) is 17.1 Å². The molecular formula is C15H23NO3. The van der Waals surface area contributed by atoms with E-state index < -0.39 is 0 Å². The maximum Gasteiger partial charge on any atom is 0.261 e. The first-order valence-electron chi connectivity index (χ1n) is 6.47. The van der Waals surface area contributed by atoms with Crippen molar-refractivity contribution in [3.63, 3.8) is 0 Å². The predicted molar refractivity (Wildman–Crippen MR) is 76.0 cm³/mol. The molecule has 0 radical (unpaired) electrons. The normalized spacial score (nSPS) is 10.7. The van der Waals surface area contributed by atoms with E-state index >= 15 is 0 Å². The second-order valence-corrected chi connectivity index (χ2v) is 4.94. The van der Waals surface area contributed by atoms with Gasteiger partial charge in [-0.15, -0.1) is 0 Å². The SMILES string of the molecule is COc1cccc(OC)c1C(=O)N(C(C)C)C(C)C. The van der Waals surface area contributed by atoms with Crippen molar-refractivity contribution in [3.8, 4) is 11.5 Å². The molecule has 4 heteroatoms. The molecule has 1 aromatic carbocycles. The first-order valence-corrected chi connectivity index (χ1v) is 6.47. The van der Waals surface area contributed by atoms with Crippen molar-refractivity contribution in [1.82, 2.24) is 4.90 Å². The number of rotatable bonds is 5. The van der Waals surface area contributed by atoms with Crippen molar-refractivity contribution in [1.29, 1.82) is 0 Å². The highest BCUT2D eigenvalue weighted by atomic mass is 16.5. The Morgan fingerprint density at radius 3 is 1.74 bits per heavy atom. The zero-order valence-corrected chi connectivity index (χ0v) is 12.6. The molecule has 0 unspecified atom stereocenters. The number of nitrogens with zero attached hydrogens (tertiary/aromatic N) is 1. The molecule has 1 amide bonds. The summed E-state index contributed by atoms with van der Waals surface area (Å²) in [5, 5.41) is 0. The molecule has 0 spiro atoms. The first-order chi connectivity index (χ1) is 8.93. The van der Waals surface area contributed by atoms with E-state index in [1.165, 1.54) is 0 Å². The zero-order chi connectivity index (χ0) is 14.6. The average molecular weight is 265 g/mol. The lowest BCUT2D eigenvalue weighted by Crippen LogP contribution is -2.42. The number of hydrogen-bond donors (Lipinski definition) is 0. The Hall–Kier alpha value is -1.71. The van der Waals surface area contributed by atoms with Crippen LogP contribution < -0.4 is 9.47 Å². The van der Waals surface area contributed by atoms with Crippen molar-refractivity contribution in [3.05, 3.63) is 23.8 Å². The second kappa shape index (κ2) is 6.45. The van der Waals surface area contributed by atoms with Crippen LogP contribution in [0.5, 0.6) is 11.5 Å². The molecule has 0 atom stereocenters. The molecule has 0 fully saturated rings. The Balaban J connectivity index is 3.31. The molecule has 19 heavy (non-hydrogen) atoms. The summed E-state index contributed by atoms with van der Waals surface area (Å²) in [6.07, 6.45) is 0. The average Bonchev–Trinajstić information content (AvgIpc) is 2.36. The number of methoxy groups -OCH3 is 2. The lowest BCUT2D eigenvalue weighted by atomic mass is 10.1. The molecule has 0 aromatic heterocycles. The van der Waals surface area contributed by atoms with Gasteiger partial charge in [-0.3, -0.25) is 4.79 Å². The number of hydrogen-bond acceptors (Lipinski definition) is 3. The van der Waals surface area contributed by atoms with E-state index in [1.54, 1.807) is 26.4 Å². The first kappa shape index (κ1) is 15.3. The van der Waals surface area contributed by atoms with Crippen LogP contribution in [0.4, 0.5) is 0 Å². The Morgan fingerprint density at radius 1 is 1.00 bits per heavy atom. The van der Waals surface area contributed by atoms with Crippen LogP contribution in [0.2, 0.25) is 0 Å². The van der Waals surface area contributed by atoms with Gasteiger partial charge in [-0.2, -0.15) is 0 Å². The quantitative estimate of drug-likeness (QED) is 0.821. The summed E-state index contributed by atoms with van der Waals surface area (Å²) in [6.45, 7) is 8.00. The molecule has 106 valence electrons. The van der Waals surface area contributed by atoms with Gasteiger partial charge in [-0.25, -0.2) is 0 Å². The minimum absolute atomic E-state index is 0.0701. The van der Waals surface area contributed by atoms with Gasteiger partial charge in [0.05, 0.1) is 14.2 Å². The number of amides is 1. The molecule has 1 rings (SSSR count). The molecule has 0 saturated heterocycles. The highest BCUT2D eigenvalue weighted by Crippen LogP contribution is 2.30. The molecule has 0 N–H and O–H groups in total. The summed E-state index contributed by atoms with van der Waals surface area (Å²) in [4.78, 5) is 14.6. The van der Waals surface area contributed by atoms with Gasteiger partial charge >= 0.3 is 0 Å². The summed E-state index contributed by atoms with van der Waals surface area (Å²) in [6, 6.07) is 5.58. The van der Waals surface area contributed by atoms with Gasteiger partial charge in [0.25, 0.3) is 5.91 Å². The van der Waals surface area contributed by atoms with E-state index in [0.29, 0.717) is 17.1 Å². The molecule has 0 aliphatic carbocycles. The van der Waals surface area contributed by atoms with Crippen LogP contribution in [-0.2, 0) is 0 Å². The minimum atomic E-state index is -0.0701. The highest BCUT2D eigenvalue weighted by Gasteiger charge is 2.27. The molecule has 1 aromatic rings. The molecular weight excluding hydrogens is 242 g/mol. The van der Waals surface area contributed by atoms with Gasteiger partial charge in [-0.1, -0.05) is 6.07 Å². The van der Waals surface area contributed by atoms with Crippen LogP contribution in [0.3, 0.4) is 0 Å². The smallest absolute Gasteiger partial charge is 0.261 e. The molecule has 0 aliphatic heterocycles. The largest absolute Gasteiger partial charge is 0.496 e. The fourth-order valence-electron chi connectivity index (χ4n) is 2.26. The Labute approximate surface area is 115 Å². The number of ether oxygens (including phenoxy) is 2. The summed E-state index contributed by atoms with van der Waals surface area (Å²) >= 11 is 0. The fourth-order valence-corrected chi connectivity index (χ4v) is 2.26. The maximum atomic E-state index is 12.8. The predicted octanol–water partition coefficient (Wildman–Crippen LogP) is 2.96. The minimum Gasteiger partial charge on any atom is -0.496 e. The van der Waals surface area contributed by atoms with Crippen LogP contribution in [-0.4, -0.2) is 37.1 Å². The fraction of sp³-hybridized carbons (Fsp3) is 0.533. The number of carbonyl (C=O) groups is 1. The van der Waals surface area contributed by atoms with E-state index in [0.717, 1.165) is 0 Å². The monoisotopic (exact) mass is 265 g/mol. The van der Waals surface area contributed by atoms with E-state index in [1.807, 2.05) is 38.7 Å². The van der Waals surface area contributed by atoms with Gasteiger partial charge in [0, 0.05) is 12.1 Å². The van der Waals surface area contributed by atoms with Crippen LogP contribution in [0.15, 0.2) is 18.2 Å². The standard InChI is InChI=1S/C15H23NO3/c1-10(2)16(11(3)4)15(17)14-12(18-5)8-7-9-13(14)19-6/h7-11H,1-6H3. The van der Waals surface area contributed by atoms with E-state index in [9.17, 15) is 4.79 Å². The van der Waals surface area contributed by atoms with Gasteiger partial charge in [0.15, 0.2) is 0 Å². The van der Waals surface area contributed by atoms with E-state index in [2.05, 4.69) is 0 Å². The summed E-state index contributed by atoms with van der Waals surface area (Å²) in [5.74, 6) is 1.01. The van der Waals surface area contributed by atoms with Crippen molar-refractivity contribution in [2.24, 2.45) is 0 Å². The summed E-state index contributed by atoms with van der Waals surface area (Å²) < 4.78 is 10.6. The molecule has 4 nitrogen and oxygen atoms in total. The Morgan fingerprint density at radius 2 is 1.42 bits per heavy atom. The lowest BCUT2D eigenvalue weighted by Gasteiger charge is -2.31. The second-order valence-electron chi connectivity index (χ2n) is 4.94. The lowest BCUT2D eigenvalue weighted by molar-refractivity contribution is 0.0637. The van der Waals surface area contributed by atoms with Crippen LogP contribution >= 0.6 is 0 Å². The van der Waals surface area contributed by atoms with Gasteiger partial charge in [-0.05, 0) is 39.8 Å². The van der Waals surface area contributed by atoms with Crippen LogP contribution in [0, 0.1) is 0 Å². The van der Waals surface area contributed by atoms with Crippen LogP contribution in [0.1, 0.15) is 38.1 Å². The van der Waals surface area contributed by atoms with Crippen molar-refractivity contribution >= 4 is 5.91 Å². The third-order valence-electron chi connectivity index (χ3n) is 2.99. The maximum absolute atomic E-state index is 12.8.